The molecule has 8 nitrogen and oxygen atoms in total. The smallest absolute Gasteiger partial charge is 0.259 e. The number of rotatable bonds is 4. The minimum atomic E-state index is -0.0522. The summed E-state index contributed by atoms with van der Waals surface area (Å²) in [5.41, 5.74) is 3.80. The maximum absolute atomic E-state index is 13.6. The van der Waals surface area contributed by atoms with E-state index in [1.807, 2.05) is 60.4 Å². The van der Waals surface area contributed by atoms with Crippen LogP contribution in [0.15, 0.2) is 60.9 Å². The van der Waals surface area contributed by atoms with E-state index >= 15 is 0 Å². The van der Waals surface area contributed by atoms with Crippen LogP contribution in [0.1, 0.15) is 28.8 Å². The first-order chi connectivity index (χ1) is 15.2. The number of nitrogens with zero attached hydrogens (tertiary/aromatic N) is 6. The molecule has 1 saturated heterocycles. The number of aromatic nitrogens is 5. The second-order valence-electron chi connectivity index (χ2n) is 7.71. The lowest BCUT2D eigenvalue weighted by Crippen LogP contribution is -2.49. The number of benzene rings is 1. The zero-order valence-electron chi connectivity index (χ0n) is 17.3. The Bertz CT molecular complexity index is 1210. The minimum Gasteiger partial charge on any atom is -0.315 e. The molecule has 4 aromatic rings. The minimum absolute atomic E-state index is 0.0522. The van der Waals surface area contributed by atoms with Gasteiger partial charge >= 0.3 is 0 Å². The summed E-state index contributed by atoms with van der Waals surface area (Å²) < 4.78 is 1.68. The molecule has 0 radical (unpaired) electrons. The molecule has 1 unspecified atom stereocenters. The lowest BCUT2D eigenvalue weighted by Gasteiger charge is -2.34. The Labute approximate surface area is 179 Å². The highest BCUT2D eigenvalue weighted by Crippen LogP contribution is 2.25. The van der Waals surface area contributed by atoms with Crippen molar-refractivity contribution >= 4 is 22.9 Å². The van der Waals surface area contributed by atoms with Gasteiger partial charge in [-0.25, -0.2) is 9.97 Å². The summed E-state index contributed by atoms with van der Waals surface area (Å²) in [6.45, 7) is 3.73. The summed E-state index contributed by atoms with van der Waals surface area (Å²) in [5, 5.41) is 11.8. The Morgan fingerprint density at radius 1 is 1.10 bits per heavy atom. The van der Waals surface area contributed by atoms with Crippen molar-refractivity contribution in [2.24, 2.45) is 0 Å². The van der Waals surface area contributed by atoms with Gasteiger partial charge in [0.2, 0.25) is 0 Å². The lowest BCUT2D eigenvalue weighted by molar-refractivity contribution is 0.0971. The van der Waals surface area contributed by atoms with E-state index < -0.39 is 0 Å². The average molecular weight is 413 g/mol. The summed E-state index contributed by atoms with van der Waals surface area (Å²) in [6, 6.07) is 15.1. The molecular formula is C23H23N7O. The maximum Gasteiger partial charge on any atom is 0.259 e. The summed E-state index contributed by atoms with van der Waals surface area (Å²) in [4.78, 5) is 24.4. The standard InChI is InChI=1S/C23H23N7O/c1-16-5-2-13-25-21(16)29(19-6-3-12-24-15-19)23(31)17-8-10-18(11-9-17)30-22-20(27-28-30)7-4-14-26-22/h2,4-5,7-11,13-14,19,24H,3,6,12,15H2,1H3. The van der Waals surface area contributed by atoms with Crippen LogP contribution in [-0.4, -0.2) is 50.0 Å². The third-order valence-electron chi connectivity index (χ3n) is 5.63. The molecule has 0 aliphatic carbocycles. The first-order valence-electron chi connectivity index (χ1n) is 10.4. The molecule has 1 atom stereocenters. The van der Waals surface area contributed by atoms with E-state index in [9.17, 15) is 4.79 Å². The number of amides is 1. The molecule has 3 aromatic heterocycles. The molecular weight excluding hydrogens is 390 g/mol. The van der Waals surface area contributed by atoms with E-state index in [1.165, 1.54) is 0 Å². The van der Waals surface area contributed by atoms with Crippen LogP contribution in [0.5, 0.6) is 0 Å². The van der Waals surface area contributed by atoms with Crippen molar-refractivity contribution in [2.45, 2.75) is 25.8 Å². The van der Waals surface area contributed by atoms with Gasteiger partial charge in [0.25, 0.3) is 5.91 Å². The molecule has 4 heterocycles. The molecule has 1 aromatic carbocycles. The Morgan fingerprint density at radius 2 is 1.90 bits per heavy atom. The highest BCUT2D eigenvalue weighted by molar-refractivity contribution is 6.06. The molecule has 1 aliphatic rings. The number of pyridine rings is 2. The molecule has 1 amide bonds. The van der Waals surface area contributed by atoms with Gasteiger partial charge in [0.15, 0.2) is 5.65 Å². The second-order valence-corrected chi connectivity index (χ2v) is 7.71. The summed E-state index contributed by atoms with van der Waals surface area (Å²) in [5.74, 6) is 0.667. The Kier molecular flexibility index (Phi) is 5.13. The molecule has 156 valence electrons. The number of aryl methyl sites for hydroxylation is 1. The number of anilines is 1. The van der Waals surface area contributed by atoms with Crippen LogP contribution >= 0.6 is 0 Å². The number of nitrogens with one attached hydrogen (secondary N) is 1. The highest BCUT2D eigenvalue weighted by Gasteiger charge is 2.29. The first-order valence-corrected chi connectivity index (χ1v) is 10.4. The lowest BCUT2D eigenvalue weighted by atomic mass is 10.0. The molecule has 31 heavy (non-hydrogen) atoms. The van der Waals surface area contributed by atoms with Gasteiger partial charge in [-0.05, 0) is 74.3 Å². The number of hydrogen-bond acceptors (Lipinski definition) is 6. The van der Waals surface area contributed by atoms with Crippen molar-refractivity contribution in [1.29, 1.82) is 0 Å². The van der Waals surface area contributed by atoms with E-state index in [1.54, 1.807) is 17.1 Å². The van der Waals surface area contributed by atoms with E-state index in [4.69, 9.17) is 0 Å². The monoisotopic (exact) mass is 413 g/mol. The molecule has 8 heteroatoms. The van der Waals surface area contributed by atoms with Gasteiger partial charge in [-0.2, -0.15) is 4.68 Å². The quantitative estimate of drug-likeness (QED) is 0.553. The number of carbonyl (C=O) groups excluding carboxylic acids is 1. The van der Waals surface area contributed by atoms with Crippen LogP contribution in [0.2, 0.25) is 0 Å². The molecule has 1 N–H and O–H groups in total. The van der Waals surface area contributed by atoms with E-state index in [-0.39, 0.29) is 11.9 Å². The molecule has 1 aliphatic heterocycles. The van der Waals surface area contributed by atoms with Crippen LogP contribution in [0, 0.1) is 6.92 Å². The van der Waals surface area contributed by atoms with Gasteiger partial charge in [-0.3, -0.25) is 9.69 Å². The summed E-state index contributed by atoms with van der Waals surface area (Å²) in [7, 11) is 0. The summed E-state index contributed by atoms with van der Waals surface area (Å²) >= 11 is 0. The van der Waals surface area contributed by atoms with Crippen LogP contribution < -0.4 is 10.2 Å². The first kappa shape index (κ1) is 19.3. The topological polar surface area (TPSA) is 88.8 Å². The van der Waals surface area contributed by atoms with Crippen LogP contribution in [0.25, 0.3) is 16.9 Å². The Hall–Kier alpha value is -3.65. The van der Waals surface area contributed by atoms with Gasteiger partial charge in [-0.1, -0.05) is 11.3 Å². The third-order valence-corrected chi connectivity index (χ3v) is 5.63. The van der Waals surface area contributed by atoms with Crippen molar-refractivity contribution in [3.8, 4) is 5.69 Å². The predicted molar refractivity (Wildman–Crippen MR) is 118 cm³/mol. The fourth-order valence-corrected chi connectivity index (χ4v) is 4.04. The Balaban J connectivity index is 1.48. The third kappa shape index (κ3) is 3.66. The van der Waals surface area contributed by atoms with Crippen molar-refractivity contribution in [2.75, 3.05) is 18.0 Å². The van der Waals surface area contributed by atoms with Gasteiger partial charge in [0, 0.05) is 24.5 Å². The number of piperidine rings is 1. The molecule has 5 rings (SSSR count). The predicted octanol–water partition coefficient (Wildman–Crippen LogP) is 2.92. The fourth-order valence-electron chi connectivity index (χ4n) is 4.04. The van der Waals surface area contributed by atoms with Gasteiger partial charge in [-0.15, -0.1) is 5.10 Å². The van der Waals surface area contributed by atoms with E-state index in [0.717, 1.165) is 48.5 Å². The molecule has 0 saturated carbocycles. The zero-order valence-corrected chi connectivity index (χ0v) is 17.3. The SMILES string of the molecule is Cc1cccnc1N(C(=O)c1ccc(-n2nnc3cccnc32)cc1)C1CCCNC1. The van der Waals surface area contributed by atoms with Crippen LogP contribution in [0.3, 0.4) is 0 Å². The highest BCUT2D eigenvalue weighted by atomic mass is 16.2. The van der Waals surface area contributed by atoms with Gasteiger partial charge in [0.1, 0.15) is 11.3 Å². The summed E-state index contributed by atoms with van der Waals surface area (Å²) in [6.07, 6.45) is 5.44. The van der Waals surface area contributed by atoms with Gasteiger partial charge in [0.05, 0.1) is 11.7 Å². The second kappa shape index (κ2) is 8.23. The number of fused-ring (bicyclic) bond motifs is 1. The normalized spacial score (nSPS) is 16.4. The van der Waals surface area contributed by atoms with Crippen molar-refractivity contribution in [3.05, 3.63) is 72.1 Å². The molecule has 0 spiro atoms. The van der Waals surface area contributed by atoms with Crippen molar-refractivity contribution in [3.63, 3.8) is 0 Å². The van der Waals surface area contributed by atoms with E-state index in [2.05, 4.69) is 25.6 Å². The largest absolute Gasteiger partial charge is 0.315 e. The number of hydrogen-bond donors (Lipinski definition) is 1. The van der Waals surface area contributed by atoms with E-state index in [0.29, 0.717) is 11.2 Å². The fraction of sp³-hybridized carbons (Fsp3) is 0.261. The molecule has 0 bridgehead atoms. The van der Waals surface area contributed by atoms with Crippen LogP contribution in [0.4, 0.5) is 5.82 Å². The van der Waals surface area contributed by atoms with Crippen molar-refractivity contribution in [1.82, 2.24) is 30.3 Å². The maximum atomic E-state index is 13.6. The number of carbonyl (C=O) groups is 1. The van der Waals surface area contributed by atoms with Crippen molar-refractivity contribution < 1.29 is 4.79 Å². The average Bonchev–Trinajstić information content (AvgIpc) is 3.25. The van der Waals surface area contributed by atoms with Crippen LogP contribution in [-0.2, 0) is 0 Å². The molecule has 1 fully saturated rings. The zero-order chi connectivity index (χ0) is 21.2. The van der Waals surface area contributed by atoms with Gasteiger partial charge < -0.3 is 5.32 Å². The Morgan fingerprint density at radius 3 is 2.68 bits per heavy atom.